The summed E-state index contributed by atoms with van der Waals surface area (Å²) in [5, 5.41) is 4.00. The van der Waals surface area contributed by atoms with E-state index >= 15 is 0 Å². The van der Waals surface area contributed by atoms with E-state index in [2.05, 4.69) is 11.6 Å². The molecule has 0 unspecified atom stereocenters. The summed E-state index contributed by atoms with van der Waals surface area (Å²) in [5.74, 6) is 1.08. The van der Waals surface area contributed by atoms with Crippen molar-refractivity contribution in [2.45, 2.75) is 6.42 Å². The first-order chi connectivity index (χ1) is 4.66. The SMILES string of the molecule is C=C1CC(=NC)N(C)N1C. The van der Waals surface area contributed by atoms with Crippen molar-refractivity contribution in [3.8, 4) is 0 Å². The van der Waals surface area contributed by atoms with Crippen molar-refractivity contribution in [2.75, 3.05) is 21.1 Å². The Bertz CT molecular complexity index is 183. The Balaban J connectivity index is 2.81. The molecule has 10 heavy (non-hydrogen) atoms. The predicted octanol–water partition coefficient (Wildman–Crippen LogP) is 0.711. The highest BCUT2D eigenvalue weighted by molar-refractivity contribution is 5.85. The maximum Gasteiger partial charge on any atom is 0.123 e. The maximum absolute atomic E-state index is 4.11. The van der Waals surface area contributed by atoms with Crippen LogP contribution < -0.4 is 0 Å². The summed E-state index contributed by atoms with van der Waals surface area (Å²) in [7, 11) is 5.78. The van der Waals surface area contributed by atoms with Crippen molar-refractivity contribution >= 4 is 5.84 Å². The molecule has 1 rings (SSSR count). The Hall–Kier alpha value is -0.990. The van der Waals surface area contributed by atoms with Crippen LogP contribution in [0, 0.1) is 0 Å². The fourth-order valence-electron chi connectivity index (χ4n) is 1.02. The van der Waals surface area contributed by atoms with Gasteiger partial charge in [0.15, 0.2) is 0 Å². The van der Waals surface area contributed by atoms with E-state index in [0.29, 0.717) is 0 Å². The number of rotatable bonds is 0. The van der Waals surface area contributed by atoms with Gasteiger partial charge in [0.05, 0.1) is 0 Å². The zero-order valence-corrected chi connectivity index (χ0v) is 6.76. The summed E-state index contributed by atoms with van der Waals surface area (Å²) in [6, 6.07) is 0. The molecule has 1 heterocycles. The summed E-state index contributed by atoms with van der Waals surface area (Å²) < 4.78 is 0. The zero-order valence-electron chi connectivity index (χ0n) is 6.76. The van der Waals surface area contributed by atoms with E-state index in [0.717, 1.165) is 18.0 Å². The topological polar surface area (TPSA) is 18.8 Å². The molecular weight excluding hydrogens is 126 g/mol. The smallest absolute Gasteiger partial charge is 0.123 e. The molecule has 0 aromatic rings. The third-order valence-electron chi connectivity index (χ3n) is 1.90. The third kappa shape index (κ3) is 0.875. The van der Waals surface area contributed by atoms with Gasteiger partial charge in [-0.2, -0.15) is 0 Å². The van der Waals surface area contributed by atoms with E-state index in [-0.39, 0.29) is 0 Å². The van der Waals surface area contributed by atoms with Crippen LogP contribution in [0.1, 0.15) is 6.42 Å². The summed E-state index contributed by atoms with van der Waals surface area (Å²) >= 11 is 0. The maximum atomic E-state index is 4.11. The lowest BCUT2D eigenvalue weighted by Gasteiger charge is -2.22. The molecule has 0 radical (unpaired) electrons. The van der Waals surface area contributed by atoms with Crippen LogP contribution >= 0.6 is 0 Å². The molecule has 1 fully saturated rings. The van der Waals surface area contributed by atoms with E-state index in [1.165, 1.54) is 0 Å². The molecule has 3 nitrogen and oxygen atoms in total. The van der Waals surface area contributed by atoms with Crippen LogP contribution in [0.2, 0.25) is 0 Å². The molecular formula is C7H13N3. The summed E-state index contributed by atoms with van der Waals surface area (Å²) in [6.07, 6.45) is 0.878. The molecule has 0 aromatic carbocycles. The van der Waals surface area contributed by atoms with E-state index in [4.69, 9.17) is 0 Å². The van der Waals surface area contributed by atoms with Crippen LogP contribution in [-0.4, -0.2) is 37.0 Å². The number of amidine groups is 1. The fraction of sp³-hybridized carbons (Fsp3) is 0.571. The average molecular weight is 139 g/mol. The van der Waals surface area contributed by atoms with E-state index in [1.54, 1.807) is 7.05 Å². The number of hydrogen-bond donors (Lipinski definition) is 0. The Kier molecular flexibility index (Phi) is 1.66. The highest BCUT2D eigenvalue weighted by Gasteiger charge is 2.21. The van der Waals surface area contributed by atoms with Crippen LogP contribution in [0.4, 0.5) is 0 Å². The van der Waals surface area contributed by atoms with Gasteiger partial charge in [0.1, 0.15) is 5.84 Å². The summed E-state index contributed by atoms with van der Waals surface area (Å²) in [4.78, 5) is 4.11. The van der Waals surface area contributed by atoms with Crippen LogP contribution in [0.25, 0.3) is 0 Å². The molecule has 0 aromatic heterocycles. The lowest BCUT2D eigenvalue weighted by atomic mass is 10.3. The van der Waals surface area contributed by atoms with Crippen LogP contribution in [0.15, 0.2) is 17.3 Å². The van der Waals surface area contributed by atoms with Gasteiger partial charge in [-0.05, 0) is 0 Å². The Morgan fingerprint density at radius 3 is 2.20 bits per heavy atom. The normalized spacial score (nSPS) is 23.1. The molecule has 0 atom stereocenters. The van der Waals surface area contributed by atoms with Gasteiger partial charge >= 0.3 is 0 Å². The molecule has 0 bridgehead atoms. The van der Waals surface area contributed by atoms with Crippen molar-refractivity contribution in [1.29, 1.82) is 0 Å². The molecule has 1 saturated heterocycles. The fourth-order valence-corrected chi connectivity index (χ4v) is 1.02. The van der Waals surface area contributed by atoms with E-state index < -0.39 is 0 Å². The average Bonchev–Trinajstić information content (AvgIpc) is 2.17. The second-order valence-corrected chi connectivity index (χ2v) is 2.43. The molecule has 0 spiro atoms. The molecule has 1 aliphatic heterocycles. The summed E-state index contributed by atoms with van der Waals surface area (Å²) in [5.41, 5.74) is 1.10. The van der Waals surface area contributed by atoms with Gasteiger partial charge in [0, 0.05) is 33.3 Å². The molecule has 0 aliphatic carbocycles. The zero-order chi connectivity index (χ0) is 7.72. The minimum atomic E-state index is 0.878. The standard InChI is InChI=1S/C7H13N3/c1-6-5-7(8-2)10(4)9(6)3/h1,5H2,2-4H3. The van der Waals surface area contributed by atoms with Gasteiger partial charge in [0.25, 0.3) is 0 Å². The monoisotopic (exact) mass is 139 g/mol. The molecule has 0 amide bonds. The predicted molar refractivity (Wildman–Crippen MR) is 42.6 cm³/mol. The third-order valence-corrected chi connectivity index (χ3v) is 1.90. The second kappa shape index (κ2) is 2.33. The first-order valence-corrected chi connectivity index (χ1v) is 3.27. The van der Waals surface area contributed by atoms with Gasteiger partial charge in [-0.3, -0.25) is 15.0 Å². The highest BCUT2D eigenvalue weighted by atomic mass is 15.6. The van der Waals surface area contributed by atoms with Gasteiger partial charge in [-0.1, -0.05) is 6.58 Å². The second-order valence-electron chi connectivity index (χ2n) is 2.43. The van der Waals surface area contributed by atoms with Crippen molar-refractivity contribution in [2.24, 2.45) is 4.99 Å². The van der Waals surface area contributed by atoms with Gasteiger partial charge in [-0.15, -0.1) is 0 Å². The number of hydrogen-bond acceptors (Lipinski definition) is 2. The van der Waals surface area contributed by atoms with Crippen molar-refractivity contribution in [1.82, 2.24) is 10.0 Å². The number of hydrazine groups is 1. The molecule has 3 heteroatoms. The quantitative estimate of drug-likeness (QED) is 0.492. The summed E-state index contributed by atoms with van der Waals surface area (Å²) in [6.45, 7) is 3.89. The lowest BCUT2D eigenvalue weighted by molar-refractivity contribution is 0.180. The van der Waals surface area contributed by atoms with Gasteiger partial charge < -0.3 is 0 Å². The molecule has 0 saturated carbocycles. The van der Waals surface area contributed by atoms with Crippen LogP contribution in [0.3, 0.4) is 0 Å². The van der Waals surface area contributed by atoms with Crippen molar-refractivity contribution in [3.05, 3.63) is 12.3 Å². The largest absolute Gasteiger partial charge is 0.292 e. The number of aliphatic imine (C=N–C) groups is 1. The Morgan fingerprint density at radius 1 is 1.40 bits per heavy atom. The van der Waals surface area contributed by atoms with Crippen molar-refractivity contribution in [3.63, 3.8) is 0 Å². The molecule has 0 N–H and O–H groups in total. The molecule has 1 aliphatic rings. The molecule has 56 valence electrons. The van der Waals surface area contributed by atoms with Crippen LogP contribution in [-0.2, 0) is 0 Å². The van der Waals surface area contributed by atoms with Gasteiger partial charge in [0.2, 0.25) is 0 Å². The lowest BCUT2D eigenvalue weighted by Crippen LogP contribution is -2.31. The van der Waals surface area contributed by atoms with Gasteiger partial charge in [-0.25, -0.2) is 0 Å². The van der Waals surface area contributed by atoms with E-state index in [9.17, 15) is 0 Å². The van der Waals surface area contributed by atoms with Crippen molar-refractivity contribution < 1.29 is 0 Å². The Morgan fingerprint density at radius 2 is 2.00 bits per heavy atom. The number of nitrogens with zero attached hydrogens (tertiary/aromatic N) is 3. The first-order valence-electron chi connectivity index (χ1n) is 3.27. The minimum absolute atomic E-state index is 0.878. The highest BCUT2D eigenvalue weighted by Crippen LogP contribution is 2.17. The Labute approximate surface area is 61.6 Å². The minimum Gasteiger partial charge on any atom is -0.292 e. The first kappa shape index (κ1) is 7.12. The van der Waals surface area contributed by atoms with E-state index in [1.807, 2.05) is 24.1 Å². The van der Waals surface area contributed by atoms with Crippen LogP contribution in [0.5, 0.6) is 0 Å².